The Kier molecular flexibility index (Phi) is 3.44. The fourth-order valence-electron chi connectivity index (χ4n) is 2.88. The first-order chi connectivity index (χ1) is 8.68. The third kappa shape index (κ3) is 2.22. The van der Waals surface area contributed by atoms with Gasteiger partial charge in [-0.1, -0.05) is 12.5 Å². The summed E-state index contributed by atoms with van der Waals surface area (Å²) in [6, 6.07) is 3.93. The molecule has 0 unspecified atom stereocenters. The average Bonchev–Trinajstić information content (AvgIpc) is 2.92. The van der Waals surface area contributed by atoms with Gasteiger partial charge in [-0.25, -0.2) is 8.42 Å². The highest BCUT2D eigenvalue weighted by Gasteiger charge is 2.35. The highest BCUT2D eigenvalue weighted by Crippen LogP contribution is 2.27. The van der Waals surface area contributed by atoms with Gasteiger partial charge in [-0.2, -0.15) is 4.31 Å². The summed E-state index contributed by atoms with van der Waals surface area (Å²) >= 11 is 1.31. The Morgan fingerprint density at radius 3 is 2.89 bits per heavy atom. The smallest absolute Gasteiger partial charge is 0.252 e. The van der Waals surface area contributed by atoms with Gasteiger partial charge in [-0.3, -0.25) is 4.90 Å². The summed E-state index contributed by atoms with van der Waals surface area (Å²) in [5.41, 5.74) is 0. The van der Waals surface area contributed by atoms with E-state index in [1.165, 1.54) is 24.2 Å². The maximum Gasteiger partial charge on any atom is 0.252 e. The zero-order chi connectivity index (χ0) is 12.6. The molecule has 0 aliphatic carbocycles. The molecule has 2 saturated heterocycles. The number of piperazine rings is 1. The summed E-state index contributed by atoms with van der Waals surface area (Å²) in [4.78, 5) is 2.45. The van der Waals surface area contributed by atoms with Gasteiger partial charge < -0.3 is 0 Å². The van der Waals surface area contributed by atoms with Crippen LogP contribution in [0.2, 0.25) is 0 Å². The molecule has 3 rings (SSSR count). The summed E-state index contributed by atoms with van der Waals surface area (Å²) in [6.07, 6.45) is 3.62. The summed E-state index contributed by atoms with van der Waals surface area (Å²) in [5, 5.41) is 1.82. The topological polar surface area (TPSA) is 40.6 Å². The lowest BCUT2D eigenvalue weighted by atomic mass is 10.0. The Labute approximate surface area is 112 Å². The largest absolute Gasteiger partial charge is 0.298 e. The Balaban J connectivity index is 1.78. The Morgan fingerprint density at radius 2 is 2.11 bits per heavy atom. The van der Waals surface area contributed by atoms with Crippen molar-refractivity contribution in [1.82, 2.24) is 9.21 Å². The quantitative estimate of drug-likeness (QED) is 0.829. The Bertz CT molecular complexity index is 498. The number of hydrogen-bond donors (Lipinski definition) is 0. The molecule has 6 heteroatoms. The predicted octanol–water partition coefficient (Wildman–Crippen LogP) is 1.61. The van der Waals surface area contributed by atoms with Gasteiger partial charge in [0.2, 0.25) is 0 Å². The first kappa shape index (κ1) is 12.6. The molecule has 0 aromatic carbocycles. The van der Waals surface area contributed by atoms with Crippen LogP contribution >= 0.6 is 11.3 Å². The molecule has 18 heavy (non-hydrogen) atoms. The molecule has 0 N–H and O–H groups in total. The first-order valence-electron chi connectivity index (χ1n) is 6.45. The maximum absolute atomic E-state index is 12.4. The molecule has 1 aromatic heterocycles. The van der Waals surface area contributed by atoms with Crippen molar-refractivity contribution in [2.24, 2.45) is 0 Å². The van der Waals surface area contributed by atoms with Crippen molar-refractivity contribution in [2.45, 2.75) is 29.5 Å². The van der Waals surface area contributed by atoms with Crippen LogP contribution in [0, 0.1) is 0 Å². The van der Waals surface area contributed by atoms with Crippen LogP contribution in [0.1, 0.15) is 19.3 Å². The van der Waals surface area contributed by atoms with Crippen molar-refractivity contribution in [2.75, 3.05) is 26.2 Å². The number of fused-ring (bicyclic) bond motifs is 1. The van der Waals surface area contributed by atoms with E-state index in [1.807, 2.05) is 5.38 Å². The Morgan fingerprint density at radius 1 is 1.22 bits per heavy atom. The van der Waals surface area contributed by atoms with Crippen LogP contribution in [0.4, 0.5) is 0 Å². The van der Waals surface area contributed by atoms with E-state index in [2.05, 4.69) is 4.90 Å². The van der Waals surface area contributed by atoms with Gasteiger partial charge in [-0.15, -0.1) is 11.3 Å². The van der Waals surface area contributed by atoms with Crippen molar-refractivity contribution < 1.29 is 8.42 Å². The number of sulfonamides is 1. The highest BCUT2D eigenvalue weighted by atomic mass is 32.2. The van der Waals surface area contributed by atoms with Crippen molar-refractivity contribution in [3.05, 3.63) is 17.5 Å². The van der Waals surface area contributed by atoms with Crippen molar-refractivity contribution in [1.29, 1.82) is 0 Å². The van der Waals surface area contributed by atoms with E-state index in [1.54, 1.807) is 16.4 Å². The third-order valence-electron chi connectivity index (χ3n) is 3.89. The number of nitrogens with zero attached hydrogens (tertiary/aromatic N) is 2. The number of hydrogen-bond acceptors (Lipinski definition) is 4. The van der Waals surface area contributed by atoms with Gasteiger partial charge >= 0.3 is 0 Å². The molecule has 4 nitrogen and oxygen atoms in total. The van der Waals surface area contributed by atoms with E-state index in [0.717, 1.165) is 19.5 Å². The molecule has 0 saturated carbocycles. The zero-order valence-corrected chi connectivity index (χ0v) is 11.9. The van der Waals surface area contributed by atoms with Gasteiger partial charge in [-0.05, 0) is 30.8 Å². The molecule has 2 aliphatic rings. The summed E-state index contributed by atoms with van der Waals surface area (Å²) in [7, 11) is -3.24. The minimum atomic E-state index is -3.24. The SMILES string of the molecule is O=S(=O)(c1cccs1)N1CCN2CCCC[C@H]2C1. The lowest BCUT2D eigenvalue weighted by Gasteiger charge is -2.43. The minimum absolute atomic E-state index is 0.433. The first-order valence-corrected chi connectivity index (χ1v) is 8.77. The van der Waals surface area contributed by atoms with Crippen LogP contribution in [0.25, 0.3) is 0 Å². The second kappa shape index (κ2) is 4.92. The molecule has 0 radical (unpaired) electrons. The van der Waals surface area contributed by atoms with Gasteiger partial charge in [0.15, 0.2) is 0 Å². The van der Waals surface area contributed by atoms with Crippen LogP contribution < -0.4 is 0 Å². The molecule has 1 aromatic rings. The monoisotopic (exact) mass is 286 g/mol. The van der Waals surface area contributed by atoms with E-state index in [9.17, 15) is 8.42 Å². The fraction of sp³-hybridized carbons (Fsp3) is 0.667. The molecule has 0 spiro atoms. The van der Waals surface area contributed by atoms with E-state index in [-0.39, 0.29) is 0 Å². The molecule has 3 heterocycles. The number of piperidine rings is 1. The van der Waals surface area contributed by atoms with Gasteiger partial charge in [0.1, 0.15) is 4.21 Å². The lowest BCUT2D eigenvalue weighted by Crippen LogP contribution is -2.55. The summed E-state index contributed by atoms with van der Waals surface area (Å²) in [5.74, 6) is 0. The average molecular weight is 286 g/mol. The zero-order valence-electron chi connectivity index (χ0n) is 10.3. The normalized spacial score (nSPS) is 27.0. The predicted molar refractivity (Wildman–Crippen MR) is 72.3 cm³/mol. The second-order valence-electron chi connectivity index (χ2n) is 4.98. The van der Waals surface area contributed by atoms with E-state index < -0.39 is 10.0 Å². The lowest BCUT2D eigenvalue weighted by molar-refractivity contribution is 0.0852. The molecule has 0 amide bonds. The fourth-order valence-corrected chi connectivity index (χ4v) is 5.50. The van der Waals surface area contributed by atoms with Crippen LogP contribution in [0.15, 0.2) is 21.7 Å². The van der Waals surface area contributed by atoms with E-state index >= 15 is 0 Å². The highest BCUT2D eigenvalue weighted by molar-refractivity contribution is 7.91. The third-order valence-corrected chi connectivity index (χ3v) is 7.13. The van der Waals surface area contributed by atoms with Crippen LogP contribution in [0.5, 0.6) is 0 Å². The molecule has 100 valence electrons. The molecule has 0 bridgehead atoms. The minimum Gasteiger partial charge on any atom is -0.298 e. The molecular formula is C12H18N2O2S2. The molecule has 1 atom stereocenters. The molecule has 2 fully saturated rings. The Hall–Kier alpha value is -0.430. The van der Waals surface area contributed by atoms with E-state index in [4.69, 9.17) is 0 Å². The van der Waals surface area contributed by atoms with Crippen LogP contribution in [0.3, 0.4) is 0 Å². The summed E-state index contributed by atoms with van der Waals surface area (Å²) < 4.78 is 27.0. The number of thiophene rings is 1. The van der Waals surface area contributed by atoms with Gasteiger partial charge in [0.05, 0.1) is 0 Å². The maximum atomic E-state index is 12.4. The van der Waals surface area contributed by atoms with E-state index in [0.29, 0.717) is 23.3 Å². The van der Waals surface area contributed by atoms with Crippen molar-refractivity contribution in [3.8, 4) is 0 Å². The molecule has 2 aliphatic heterocycles. The summed E-state index contributed by atoms with van der Waals surface area (Å²) in [6.45, 7) is 3.32. The van der Waals surface area contributed by atoms with Gasteiger partial charge in [0, 0.05) is 25.7 Å². The second-order valence-corrected chi connectivity index (χ2v) is 8.09. The number of rotatable bonds is 2. The van der Waals surface area contributed by atoms with Crippen molar-refractivity contribution >= 4 is 21.4 Å². The van der Waals surface area contributed by atoms with Crippen LogP contribution in [-0.4, -0.2) is 49.8 Å². The van der Waals surface area contributed by atoms with Gasteiger partial charge in [0.25, 0.3) is 10.0 Å². The standard InChI is InChI=1S/C12H18N2O2S2/c15-18(16,12-5-3-9-17-12)14-8-7-13-6-2-1-4-11(13)10-14/h3,5,9,11H,1-2,4,6-8,10H2/t11-/m0/s1. The molecular weight excluding hydrogens is 268 g/mol. The van der Waals surface area contributed by atoms with Crippen molar-refractivity contribution in [3.63, 3.8) is 0 Å². The van der Waals surface area contributed by atoms with Crippen LogP contribution in [-0.2, 0) is 10.0 Å².